The summed E-state index contributed by atoms with van der Waals surface area (Å²) in [6.07, 6.45) is 3.56. The predicted molar refractivity (Wildman–Crippen MR) is 66.2 cm³/mol. The molecule has 0 saturated heterocycles. The van der Waals surface area contributed by atoms with Crippen molar-refractivity contribution in [1.82, 2.24) is 5.32 Å². The number of rotatable bonds is 11. The van der Waals surface area contributed by atoms with Gasteiger partial charge in [-0.05, 0) is 25.1 Å². The van der Waals surface area contributed by atoms with E-state index >= 15 is 0 Å². The quantitative estimate of drug-likeness (QED) is 0.540. The molecule has 0 aliphatic carbocycles. The monoisotopic (exact) mass is 219 g/mol. The Hall–Kier alpha value is 0.270. The fraction of sp³-hybridized carbons (Fsp3) is 1.00. The molecule has 0 spiro atoms. The number of unbranched alkanes of at least 4 members (excludes halogenated alkanes) is 1. The van der Waals surface area contributed by atoms with Gasteiger partial charge in [-0.1, -0.05) is 20.3 Å². The molecule has 0 aromatic rings. The van der Waals surface area contributed by atoms with Crippen molar-refractivity contribution in [3.8, 4) is 0 Å². The normalized spacial score (nSPS) is 10.7. The van der Waals surface area contributed by atoms with Crippen LogP contribution in [0.2, 0.25) is 0 Å². The van der Waals surface area contributed by atoms with E-state index in [4.69, 9.17) is 4.74 Å². The van der Waals surface area contributed by atoms with Gasteiger partial charge >= 0.3 is 0 Å². The van der Waals surface area contributed by atoms with Crippen LogP contribution in [-0.4, -0.2) is 37.8 Å². The third-order valence-corrected chi connectivity index (χ3v) is 2.81. The fourth-order valence-corrected chi connectivity index (χ4v) is 1.64. The van der Waals surface area contributed by atoms with Gasteiger partial charge in [-0.3, -0.25) is 0 Å². The maximum Gasteiger partial charge on any atom is 0.0478 e. The van der Waals surface area contributed by atoms with Gasteiger partial charge in [0.15, 0.2) is 0 Å². The largest absolute Gasteiger partial charge is 0.381 e. The molecule has 86 valence electrons. The van der Waals surface area contributed by atoms with E-state index in [1.807, 2.05) is 11.8 Å². The first-order valence-electron chi connectivity index (χ1n) is 5.78. The van der Waals surface area contributed by atoms with Crippen molar-refractivity contribution in [2.24, 2.45) is 0 Å². The Kier molecular flexibility index (Phi) is 13.5. The summed E-state index contributed by atoms with van der Waals surface area (Å²) in [6.45, 7) is 8.46. The lowest BCUT2D eigenvalue weighted by molar-refractivity contribution is 0.129. The second kappa shape index (κ2) is 13.3. The van der Waals surface area contributed by atoms with E-state index in [2.05, 4.69) is 19.2 Å². The van der Waals surface area contributed by atoms with Gasteiger partial charge in [-0.25, -0.2) is 0 Å². The Morgan fingerprint density at radius 1 is 1.07 bits per heavy atom. The molecule has 0 aromatic carbocycles. The van der Waals surface area contributed by atoms with Crippen LogP contribution >= 0.6 is 11.8 Å². The molecule has 0 heterocycles. The van der Waals surface area contributed by atoms with Crippen molar-refractivity contribution >= 4 is 11.8 Å². The third-order valence-electron chi connectivity index (χ3n) is 1.91. The van der Waals surface area contributed by atoms with Crippen LogP contribution in [0.3, 0.4) is 0 Å². The maximum absolute atomic E-state index is 5.46. The number of ether oxygens (including phenoxy) is 1. The van der Waals surface area contributed by atoms with Gasteiger partial charge in [0.1, 0.15) is 0 Å². The van der Waals surface area contributed by atoms with Crippen molar-refractivity contribution in [2.75, 3.05) is 37.8 Å². The smallest absolute Gasteiger partial charge is 0.0478 e. The summed E-state index contributed by atoms with van der Waals surface area (Å²) in [5.74, 6) is 2.45. The molecule has 0 aromatic heterocycles. The van der Waals surface area contributed by atoms with Crippen LogP contribution in [0.15, 0.2) is 0 Å². The van der Waals surface area contributed by atoms with Crippen LogP contribution in [0.4, 0.5) is 0 Å². The lowest BCUT2D eigenvalue weighted by atomic mass is 10.4. The van der Waals surface area contributed by atoms with Gasteiger partial charge in [-0.15, -0.1) is 0 Å². The standard InChI is InChI=1S/C11H25NOS/c1-3-5-9-13-10-6-7-12-8-11-14-4-2/h12H,3-11H2,1-2H3. The Labute approximate surface area is 93.2 Å². The van der Waals surface area contributed by atoms with Crippen LogP contribution in [0.1, 0.15) is 33.1 Å². The highest BCUT2D eigenvalue weighted by atomic mass is 32.2. The fourth-order valence-electron chi connectivity index (χ4n) is 1.06. The molecule has 0 radical (unpaired) electrons. The first-order valence-corrected chi connectivity index (χ1v) is 6.93. The molecule has 2 nitrogen and oxygen atoms in total. The van der Waals surface area contributed by atoms with Gasteiger partial charge in [0, 0.05) is 25.5 Å². The summed E-state index contributed by atoms with van der Waals surface area (Å²) < 4.78 is 5.46. The molecule has 0 unspecified atom stereocenters. The molecule has 1 N–H and O–H groups in total. The van der Waals surface area contributed by atoms with E-state index in [9.17, 15) is 0 Å². The molecule has 0 aliphatic rings. The first-order chi connectivity index (χ1) is 6.91. The van der Waals surface area contributed by atoms with Crippen molar-refractivity contribution in [3.05, 3.63) is 0 Å². The molecule has 14 heavy (non-hydrogen) atoms. The third kappa shape index (κ3) is 12.3. The number of thioether (sulfide) groups is 1. The number of nitrogens with one attached hydrogen (secondary N) is 1. The highest BCUT2D eigenvalue weighted by Crippen LogP contribution is 1.95. The Morgan fingerprint density at radius 2 is 1.86 bits per heavy atom. The molecule has 0 saturated carbocycles. The molecule has 3 heteroatoms. The summed E-state index contributed by atoms with van der Waals surface area (Å²) >= 11 is 1.99. The highest BCUT2D eigenvalue weighted by molar-refractivity contribution is 7.99. The molecule has 0 amide bonds. The van der Waals surface area contributed by atoms with Gasteiger partial charge in [-0.2, -0.15) is 11.8 Å². The molecule has 0 rings (SSSR count). The van der Waals surface area contributed by atoms with E-state index in [-0.39, 0.29) is 0 Å². The minimum atomic E-state index is 0.911. The minimum absolute atomic E-state index is 0.911. The minimum Gasteiger partial charge on any atom is -0.381 e. The Bertz CT molecular complexity index is 89.3. The second-order valence-corrected chi connectivity index (χ2v) is 4.66. The van der Waals surface area contributed by atoms with Gasteiger partial charge in [0.05, 0.1) is 0 Å². The molecular weight excluding hydrogens is 194 g/mol. The van der Waals surface area contributed by atoms with Crippen molar-refractivity contribution in [3.63, 3.8) is 0 Å². The van der Waals surface area contributed by atoms with Crippen LogP contribution in [0.5, 0.6) is 0 Å². The van der Waals surface area contributed by atoms with E-state index in [1.165, 1.54) is 24.3 Å². The van der Waals surface area contributed by atoms with Gasteiger partial charge in [0.25, 0.3) is 0 Å². The van der Waals surface area contributed by atoms with Gasteiger partial charge < -0.3 is 10.1 Å². The average Bonchev–Trinajstić information content (AvgIpc) is 2.21. The van der Waals surface area contributed by atoms with Crippen LogP contribution in [0.25, 0.3) is 0 Å². The molecule has 0 atom stereocenters. The maximum atomic E-state index is 5.46. The topological polar surface area (TPSA) is 21.3 Å². The summed E-state index contributed by atoms with van der Waals surface area (Å²) in [4.78, 5) is 0. The van der Waals surface area contributed by atoms with Crippen molar-refractivity contribution in [2.45, 2.75) is 33.1 Å². The van der Waals surface area contributed by atoms with Crippen molar-refractivity contribution < 1.29 is 4.74 Å². The van der Waals surface area contributed by atoms with E-state index < -0.39 is 0 Å². The van der Waals surface area contributed by atoms with E-state index in [0.717, 1.165) is 32.7 Å². The zero-order chi connectivity index (χ0) is 10.5. The van der Waals surface area contributed by atoms with Crippen LogP contribution in [0, 0.1) is 0 Å². The Morgan fingerprint density at radius 3 is 2.57 bits per heavy atom. The molecule has 0 aliphatic heterocycles. The zero-order valence-corrected chi connectivity index (χ0v) is 10.5. The van der Waals surface area contributed by atoms with Crippen LogP contribution in [-0.2, 0) is 4.74 Å². The second-order valence-electron chi connectivity index (χ2n) is 3.27. The van der Waals surface area contributed by atoms with E-state index in [1.54, 1.807) is 0 Å². The SMILES string of the molecule is CCCCOCCCNCCSCC. The lowest BCUT2D eigenvalue weighted by Crippen LogP contribution is -2.19. The predicted octanol–water partition coefficient (Wildman–Crippen LogP) is 2.54. The van der Waals surface area contributed by atoms with Gasteiger partial charge in [0.2, 0.25) is 0 Å². The first kappa shape index (κ1) is 14.3. The van der Waals surface area contributed by atoms with E-state index in [0.29, 0.717) is 0 Å². The molecular formula is C11H25NOS. The molecule has 0 bridgehead atoms. The summed E-state index contributed by atoms with van der Waals surface area (Å²) in [7, 11) is 0. The molecule has 0 fully saturated rings. The highest BCUT2D eigenvalue weighted by Gasteiger charge is 1.89. The van der Waals surface area contributed by atoms with Crippen molar-refractivity contribution in [1.29, 1.82) is 0 Å². The average molecular weight is 219 g/mol. The number of hydrogen-bond donors (Lipinski definition) is 1. The lowest BCUT2D eigenvalue weighted by Gasteiger charge is -2.04. The summed E-state index contributed by atoms with van der Waals surface area (Å²) in [5.41, 5.74) is 0. The number of hydrogen-bond acceptors (Lipinski definition) is 3. The Balaban J connectivity index is 2.78. The summed E-state index contributed by atoms with van der Waals surface area (Å²) in [5, 5.41) is 3.41. The zero-order valence-electron chi connectivity index (χ0n) is 9.68. The summed E-state index contributed by atoms with van der Waals surface area (Å²) in [6, 6.07) is 0. The van der Waals surface area contributed by atoms with Crippen LogP contribution < -0.4 is 5.32 Å².